The molecule has 2 aromatic rings. The van der Waals surface area contributed by atoms with Gasteiger partial charge in [0.1, 0.15) is 0 Å². The van der Waals surface area contributed by atoms with Crippen molar-refractivity contribution in [3.8, 4) is 0 Å². The number of aromatic amines is 1. The molecular weight excluding hydrogens is 210 g/mol. The van der Waals surface area contributed by atoms with Crippen LogP contribution in [0, 0.1) is 0 Å². The molecule has 0 spiro atoms. The number of nitrogens with zero attached hydrogens (tertiary/aromatic N) is 2. The Morgan fingerprint density at radius 1 is 1.00 bits per heavy atom. The Morgan fingerprint density at radius 3 is 2.18 bits per heavy atom. The monoisotopic (exact) mass is 231 g/mol. The van der Waals surface area contributed by atoms with Crippen LogP contribution in [0.2, 0.25) is 0 Å². The van der Waals surface area contributed by atoms with E-state index in [0.29, 0.717) is 0 Å². The van der Waals surface area contributed by atoms with Gasteiger partial charge in [-0.1, -0.05) is 41.5 Å². The summed E-state index contributed by atoms with van der Waals surface area (Å²) >= 11 is 0. The van der Waals surface area contributed by atoms with E-state index in [4.69, 9.17) is 4.98 Å². The van der Waals surface area contributed by atoms with Gasteiger partial charge >= 0.3 is 0 Å². The van der Waals surface area contributed by atoms with Crippen LogP contribution in [0.4, 0.5) is 0 Å². The number of aromatic nitrogens is 3. The van der Waals surface area contributed by atoms with Crippen LogP contribution in [0.25, 0.3) is 11.0 Å². The van der Waals surface area contributed by atoms with Gasteiger partial charge in [0.2, 0.25) is 0 Å². The molecule has 1 N–H and O–H groups in total. The van der Waals surface area contributed by atoms with Crippen LogP contribution in [0.15, 0.2) is 12.3 Å². The zero-order valence-electron chi connectivity index (χ0n) is 11.5. The van der Waals surface area contributed by atoms with Crippen molar-refractivity contribution in [3.63, 3.8) is 0 Å². The number of nitrogens with one attached hydrogen (secondary N) is 1. The second-order valence-corrected chi connectivity index (χ2v) is 6.69. The summed E-state index contributed by atoms with van der Waals surface area (Å²) in [5.41, 5.74) is 3.48. The van der Waals surface area contributed by atoms with Crippen LogP contribution in [-0.2, 0) is 10.8 Å². The minimum absolute atomic E-state index is 0.0436. The first-order valence-electron chi connectivity index (χ1n) is 6.05. The smallest absolute Gasteiger partial charge is 0.155 e. The maximum absolute atomic E-state index is 4.75. The molecule has 0 atom stereocenters. The Hall–Kier alpha value is -1.38. The SMILES string of the molecule is CC(C)(C)c1cc2cn[nH]c2nc1C(C)(C)C. The molecule has 0 saturated heterocycles. The highest BCUT2D eigenvalue weighted by Crippen LogP contribution is 2.34. The van der Waals surface area contributed by atoms with E-state index in [-0.39, 0.29) is 10.8 Å². The van der Waals surface area contributed by atoms with Crippen molar-refractivity contribution in [2.24, 2.45) is 0 Å². The normalized spacial score (nSPS) is 13.3. The van der Waals surface area contributed by atoms with E-state index >= 15 is 0 Å². The fourth-order valence-electron chi connectivity index (χ4n) is 2.02. The fraction of sp³-hybridized carbons (Fsp3) is 0.571. The lowest BCUT2D eigenvalue weighted by molar-refractivity contribution is 0.516. The lowest BCUT2D eigenvalue weighted by atomic mass is 9.78. The number of hydrogen-bond donors (Lipinski definition) is 1. The Balaban J connectivity index is 2.78. The summed E-state index contributed by atoms with van der Waals surface area (Å²) in [7, 11) is 0. The van der Waals surface area contributed by atoms with E-state index in [0.717, 1.165) is 16.7 Å². The second-order valence-electron chi connectivity index (χ2n) is 6.69. The van der Waals surface area contributed by atoms with Gasteiger partial charge in [-0.2, -0.15) is 5.10 Å². The molecule has 0 fully saturated rings. The average Bonchev–Trinajstić information content (AvgIpc) is 2.59. The topological polar surface area (TPSA) is 41.6 Å². The Kier molecular flexibility index (Phi) is 2.53. The van der Waals surface area contributed by atoms with Crippen LogP contribution in [0.3, 0.4) is 0 Å². The summed E-state index contributed by atoms with van der Waals surface area (Å²) < 4.78 is 0. The summed E-state index contributed by atoms with van der Waals surface area (Å²) in [5.74, 6) is 0. The van der Waals surface area contributed by atoms with E-state index in [1.54, 1.807) is 0 Å². The largest absolute Gasteiger partial charge is 0.261 e. The third-order valence-corrected chi connectivity index (χ3v) is 2.94. The maximum Gasteiger partial charge on any atom is 0.155 e. The minimum atomic E-state index is 0.0436. The van der Waals surface area contributed by atoms with Gasteiger partial charge < -0.3 is 0 Å². The van der Waals surface area contributed by atoms with Crippen molar-refractivity contribution in [1.29, 1.82) is 0 Å². The molecule has 2 heterocycles. The molecule has 3 nitrogen and oxygen atoms in total. The molecule has 0 aliphatic carbocycles. The van der Waals surface area contributed by atoms with E-state index in [1.165, 1.54) is 5.56 Å². The van der Waals surface area contributed by atoms with E-state index in [2.05, 4.69) is 57.8 Å². The summed E-state index contributed by atoms with van der Waals surface area (Å²) in [4.78, 5) is 4.75. The molecule has 0 saturated carbocycles. The number of pyridine rings is 1. The van der Waals surface area contributed by atoms with Crippen molar-refractivity contribution in [2.45, 2.75) is 52.4 Å². The first-order chi connectivity index (χ1) is 7.69. The predicted octanol–water partition coefficient (Wildman–Crippen LogP) is 3.55. The van der Waals surface area contributed by atoms with Gasteiger partial charge in [0.15, 0.2) is 5.65 Å². The van der Waals surface area contributed by atoms with Gasteiger partial charge in [-0.25, -0.2) is 4.98 Å². The molecule has 0 bridgehead atoms. The van der Waals surface area contributed by atoms with Crippen LogP contribution in [0.1, 0.15) is 52.8 Å². The van der Waals surface area contributed by atoms with E-state index in [9.17, 15) is 0 Å². The second kappa shape index (κ2) is 3.56. The summed E-state index contributed by atoms with van der Waals surface area (Å²) in [6, 6.07) is 2.21. The minimum Gasteiger partial charge on any atom is -0.261 e. The molecule has 2 rings (SSSR count). The Labute approximate surface area is 103 Å². The van der Waals surface area contributed by atoms with Gasteiger partial charge in [0, 0.05) is 10.8 Å². The van der Waals surface area contributed by atoms with Gasteiger partial charge in [-0.05, 0) is 17.0 Å². The summed E-state index contributed by atoms with van der Waals surface area (Å²) in [6.07, 6.45) is 1.84. The summed E-state index contributed by atoms with van der Waals surface area (Å²) in [5, 5.41) is 8.10. The van der Waals surface area contributed by atoms with E-state index in [1.807, 2.05) is 6.20 Å². The summed E-state index contributed by atoms with van der Waals surface area (Å²) in [6.45, 7) is 13.3. The van der Waals surface area contributed by atoms with Gasteiger partial charge in [0.25, 0.3) is 0 Å². The Bertz CT molecular complexity index is 491. The van der Waals surface area contributed by atoms with Crippen molar-refractivity contribution >= 4 is 11.0 Å². The first-order valence-corrected chi connectivity index (χ1v) is 6.05. The van der Waals surface area contributed by atoms with Crippen LogP contribution in [0.5, 0.6) is 0 Å². The Morgan fingerprint density at radius 2 is 1.65 bits per heavy atom. The first kappa shape index (κ1) is 12.1. The number of rotatable bonds is 0. The molecule has 0 unspecified atom stereocenters. The number of hydrogen-bond acceptors (Lipinski definition) is 2. The van der Waals surface area contributed by atoms with Crippen molar-refractivity contribution < 1.29 is 0 Å². The van der Waals surface area contributed by atoms with Crippen molar-refractivity contribution in [2.75, 3.05) is 0 Å². The van der Waals surface area contributed by atoms with E-state index < -0.39 is 0 Å². The molecule has 0 amide bonds. The van der Waals surface area contributed by atoms with Crippen LogP contribution < -0.4 is 0 Å². The van der Waals surface area contributed by atoms with Crippen molar-refractivity contribution in [1.82, 2.24) is 15.2 Å². The lowest BCUT2D eigenvalue weighted by Gasteiger charge is -2.28. The quantitative estimate of drug-likeness (QED) is 0.753. The highest BCUT2D eigenvalue weighted by molar-refractivity contribution is 5.75. The van der Waals surface area contributed by atoms with Gasteiger partial charge in [-0.3, -0.25) is 5.10 Å². The highest BCUT2D eigenvalue weighted by atomic mass is 15.1. The molecule has 0 radical (unpaired) electrons. The predicted molar refractivity (Wildman–Crippen MR) is 71.3 cm³/mol. The molecule has 3 heteroatoms. The zero-order valence-corrected chi connectivity index (χ0v) is 11.5. The molecule has 0 aliphatic heterocycles. The van der Waals surface area contributed by atoms with Gasteiger partial charge in [0.05, 0.1) is 11.9 Å². The molecule has 17 heavy (non-hydrogen) atoms. The van der Waals surface area contributed by atoms with Crippen LogP contribution in [-0.4, -0.2) is 15.2 Å². The highest BCUT2D eigenvalue weighted by Gasteiger charge is 2.27. The maximum atomic E-state index is 4.75. The van der Waals surface area contributed by atoms with Crippen molar-refractivity contribution in [3.05, 3.63) is 23.5 Å². The van der Waals surface area contributed by atoms with Crippen LogP contribution >= 0.6 is 0 Å². The number of fused-ring (bicyclic) bond motifs is 1. The average molecular weight is 231 g/mol. The molecule has 0 aliphatic rings. The molecule has 2 aromatic heterocycles. The third kappa shape index (κ3) is 2.19. The number of H-pyrrole nitrogens is 1. The fourth-order valence-corrected chi connectivity index (χ4v) is 2.02. The standard InChI is InChI=1S/C14H21N3/c1-13(2,3)10-7-9-8-15-17-12(9)16-11(10)14(4,5)6/h7-8H,1-6H3,(H,15,16,17). The molecule has 0 aromatic carbocycles. The third-order valence-electron chi connectivity index (χ3n) is 2.94. The lowest BCUT2D eigenvalue weighted by Crippen LogP contribution is -2.23. The molecular formula is C14H21N3. The van der Waals surface area contributed by atoms with Gasteiger partial charge in [-0.15, -0.1) is 0 Å². The molecule has 92 valence electrons. The zero-order chi connectivity index (χ0) is 12.8.